The summed E-state index contributed by atoms with van der Waals surface area (Å²) in [5, 5.41) is 12.9. The fourth-order valence-corrected chi connectivity index (χ4v) is 1.93. The van der Waals surface area contributed by atoms with Crippen LogP contribution in [0.3, 0.4) is 0 Å². The topological polar surface area (TPSA) is 80.9 Å². The standard InChI is InChI=1S/C15H19NO5/c1-19-6-7-20-5-4-16-10-11-2-3-13-12(8-11)9-14(21-13)15(17)18/h2-3,8-9,16H,4-7,10H2,1H3,(H,17,18). The van der Waals surface area contributed by atoms with Crippen molar-refractivity contribution in [1.29, 1.82) is 0 Å². The van der Waals surface area contributed by atoms with E-state index in [-0.39, 0.29) is 5.76 Å². The van der Waals surface area contributed by atoms with Gasteiger partial charge < -0.3 is 24.3 Å². The predicted molar refractivity (Wildman–Crippen MR) is 77.6 cm³/mol. The molecule has 0 saturated heterocycles. The molecule has 2 aromatic rings. The third-order valence-electron chi connectivity index (χ3n) is 2.98. The van der Waals surface area contributed by atoms with Crippen molar-refractivity contribution in [2.45, 2.75) is 6.54 Å². The molecule has 1 aromatic carbocycles. The molecule has 0 amide bonds. The maximum Gasteiger partial charge on any atom is 0.371 e. The fourth-order valence-electron chi connectivity index (χ4n) is 1.93. The van der Waals surface area contributed by atoms with Crippen LogP contribution in [0.5, 0.6) is 0 Å². The molecule has 6 heteroatoms. The number of fused-ring (bicyclic) bond motifs is 1. The molecule has 1 aromatic heterocycles. The number of nitrogens with one attached hydrogen (secondary N) is 1. The zero-order valence-electron chi connectivity index (χ0n) is 11.9. The predicted octanol–water partition coefficient (Wildman–Crippen LogP) is 1.88. The number of carboxylic acid groups (broad SMARTS) is 1. The summed E-state index contributed by atoms with van der Waals surface area (Å²) in [6.07, 6.45) is 0. The van der Waals surface area contributed by atoms with Crippen molar-refractivity contribution in [2.24, 2.45) is 0 Å². The third-order valence-corrected chi connectivity index (χ3v) is 2.98. The molecule has 1 heterocycles. The minimum absolute atomic E-state index is 0.0401. The van der Waals surface area contributed by atoms with E-state index in [1.54, 1.807) is 13.2 Å². The van der Waals surface area contributed by atoms with Crippen LogP contribution in [0.15, 0.2) is 28.7 Å². The average Bonchev–Trinajstić information content (AvgIpc) is 2.90. The second-order valence-corrected chi connectivity index (χ2v) is 4.57. The third kappa shape index (κ3) is 4.56. The first-order chi connectivity index (χ1) is 10.2. The first-order valence-corrected chi connectivity index (χ1v) is 6.74. The summed E-state index contributed by atoms with van der Waals surface area (Å²) in [6, 6.07) is 7.16. The first kappa shape index (κ1) is 15.5. The van der Waals surface area contributed by atoms with Gasteiger partial charge >= 0.3 is 5.97 Å². The minimum Gasteiger partial charge on any atom is -0.475 e. The zero-order chi connectivity index (χ0) is 15.1. The lowest BCUT2D eigenvalue weighted by Gasteiger charge is -2.06. The van der Waals surface area contributed by atoms with Crippen molar-refractivity contribution in [2.75, 3.05) is 33.5 Å². The molecule has 0 spiro atoms. The SMILES string of the molecule is COCCOCCNCc1ccc2oc(C(=O)O)cc2c1. The quantitative estimate of drug-likeness (QED) is 0.687. The second-order valence-electron chi connectivity index (χ2n) is 4.57. The molecule has 0 aliphatic carbocycles. The Morgan fingerprint density at radius 1 is 1.29 bits per heavy atom. The summed E-state index contributed by atoms with van der Waals surface area (Å²) < 4.78 is 15.4. The number of hydrogen-bond donors (Lipinski definition) is 2. The van der Waals surface area contributed by atoms with Crippen LogP contribution in [0.2, 0.25) is 0 Å². The number of hydrogen-bond acceptors (Lipinski definition) is 5. The Kier molecular flexibility index (Phi) is 5.74. The van der Waals surface area contributed by atoms with Crippen LogP contribution in [0.1, 0.15) is 16.1 Å². The van der Waals surface area contributed by atoms with Crippen molar-refractivity contribution in [3.05, 3.63) is 35.6 Å². The van der Waals surface area contributed by atoms with Crippen LogP contribution in [0.4, 0.5) is 0 Å². The van der Waals surface area contributed by atoms with E-state index < -0.39 is 5.97 Å². The largest absolute Gasteiger partial charge is 0.475 e. The summed E-state index contributed by atoms with van der Waals surface area (Å²) >= 11 is 0. The van der Waals surface area contributed by atoms with Gasteiger partial charge in [0.05, 0.1) is 19.8 Å². The second kappa shape index (κ2) is 7.78. The van der Waals surface area contributed by atoms with E-state index >= 15 is 0 Å². The van der Waals surface area contributed by atoms with Crippen molar-refractivity contribution in [3.8, 4) is 0 Å². The van der Waals surface area contributed by atoms with Crippen LogP contribution < -0.4 is 5.32 Å². The highest BCUT2D eigenvalue weighted by Gasteiger charge is 2.10. The van der Waals surface area contributed by atoms with Crippen molar-refractivity contribution in [3.63, 3.8) is 0 Å². The number of carbonyl (C=O) groups is 1. The van der Waals surface area contributed by atoms with E-state index in [1.807, 2.05) is 12.1 Å². The lowest BCUT2D eigenvalue weighted by molar-refractivity contribution is 0.0665. The Hall–Kier alpha value is -1.89. The molecule has 2 rings (SSSR count). The summed E-state index contributed by atoms with van der Waals surface area (Å²) in [4.78, 5) is 10.8. The zero-order valence-corrected chi connectivity index (χ0v) is 11.9. The smallest absolute Gasteiger partial charge is 0.371 e. The Labute approximate surface area is 122 Å². The maximum atomic E-state index is 10.8. The van der Waals surface area contributed by atoms with E-state index in [0.717, 1.165) is 17.5 Å². The number of carboxylic acids is 1. The fraction of sp³-hybridized carbons (Fsp3) is 0.400. The van der Waals surface area contributed by atoms with Crippen molar-refractivity contribution < 1.29 is 23.8 Å². The summed E-state index contributed by atoms with van der Waals surface area (Å²) in [5.74, 6) is -1.10. The number of aromatic carboxylic acids is 1. The Morgan fingerprint density at radius 3 is 2.90 bits per heavy atom. The average molecular weight is 293 g/mol. The molecule has 114 valence electrons. The highest BCUT2D eigenvalue weighted by Crippen LogP contribution is 2.20. The van der Waals surface area contributed by atoms with Gasteiger partial charge in [-0.05, 0) is 23.8 Å². The normalized spacial score (nSPS) is 11.1. The highest BCUT2D eigenvalue weighted by atomic mass is 16.5. The van der Waals surface area contributed by atoms with Crippen molar-refractivity contribution >= 4 is 16.9 Å². The highest BCUT2D eigenvalue weighted by molar-refractivity contribution is 5.91. The Bertz CT molecular complexity index is 593. The van der Waals surface area contributed by atoms with Gasteiger partial charge in [0.1, 0.15) is 5.58 Å². The van der Waals surface area contributed by atoms with E-state index in [4.69, 9.17) is 19.0 Å². The van der Waals surface area contributed by atoms with E-state index in [0.29, 0.717) is 31.9 Å². The summed E-state index contributed by atoms with van der Waals surface area (Å²) in [6.45, 7) is 3.26. The molecule has 0 unspecified atom stereocenters. The molecule has 0 aliphatic rings. The van der Waals surface area contributed by atoms with Crippen LogP contribution in [0, 0.1) is 0 Å². The first-order valence-electron chi connectivity index (χ1n) is 6.74. The number of furan rings is 1. The van der Waals surface area contributed by atoms with Gasteiger partial charge in [-0.25, -0.2) is 4.79 Å². The van der Waals surface area contributed by atoms with E-state index in [9.17, 15) is 4.79 Å². The number of ether oxygens (including phenoxy) is 2. The van der Waals surface area contributed by atoms with Crippen LogP contribution in [-0.2, 0) is 16.0 Å². The maximum absolute atomic E-state index is 10.8. The minimum atomic E-state index is -1.06. The van der Waals surface area contributed by atoms with Gasteiger partial charge in [0.2, 0.25) is 5.76 Å². The molecular formula is C15H19NO5. The van der Waals surface area contributed by atoms with Gasteiger partial charge in [-0.15, -0.1) is 0 Å². The number of rotatable bonds is 9. The lowest BCUT2D eigenvalue weighted by atomic mass is 10.1. The van der Waals surface area contributed by atoms with Gasteiger partial charge in [0.25, 0.3) is 0 Å². The molecule has 0 saturated carbocycles. The lowest BCUT2D eigenvalue weighted by Crippen LogP contribution is -2.20. The monoisotopic (exact) mass is 293 g/mol. The van der Waals surface area contributed by atoms with Crippen LogP contribution >= 0.6 is 0 Å². The van der Waals surface area contributed by atoms with E-state index in [1.165, 1.54) is 6.07 Å². The molecule has 0 bridgehead atoms. The molecule has 6 nitrogen and oxygen atoms in total. The summed E-state index contributed by atoms with van der Waals surface area (Å²) in [7, 11) is 1.64. The Morgan fingerprint density at radius 2 is 2.14 bits per heavy atom. The molecule has 21 heavy (non-hydrogen) atoms. The molecule has 0 radical (unpaired) electrons. The van der Waals surface area contributed by atoms with Gasteiger partial charge in [-0.3, -0.25) is 0 Å². The van der Waals surface area contributed by atoms with Crippen LogP contribution in [-0.4, -0.2) is 44.6 Å². The van der Waals surface area contributed by atoms with Gasteiger partial charge in [-0.1, -0.05) is 6.07 Å². The van der Waals surface area contributed by atoms with Crippen LogP contribution in [0.25, 0.3) is 11.0 Å². The van der Waals surface area contributed by atoms with Gasteiger partial charge in [0.15, 0.2) is 0 Å². The van der Waals surface area contributed by atoms with E-state index in [2.05, 4.69) is 5.32 Å². The molecule has 0 fully saturated rings. The molecule has 0 aliphatic heterocycles. The molecular weight excluding hydrogens is 274 g/mol. The number of benzene rings is 1. The van der Waals surface area contributed by atoms with Crippen molar-refractivity contribution in [1.82, 2.24) is 5.32 Å². The molecule has 0 atom stereocenters. The number of methoxy groups -OCH3 is 1. The van der Waals surface area contributed by atoms with Gasteiger partial charge in [0, 0.05) is 25.6 Å². The molecule has 2 N–H and O–H groups in total. The Balaban J connectivity index is 1.81. The summed E-state index contributed by atoms with van der Waals surface area (Å²) in [5.41, 5.74) is 1.65. The van der Waals surface area contributed by atoms with Gasteiger partial charge in [-0.2, -0.15) is 0 Å².